The maximum atomic E-state index is 12.9. The number of rotatable bonds is 3. The van der Waals surface area contributed by atoms with Crippen LogP contribution in [-0.4, -0.2) is 31.9 Å². The van der Waals surface area contributed by atoms with Crippen molar-refractivity contribution in [3.63, 3.8) is 0 Å². The van der Waals surface area contributed by atoms with Gasteiger partial charge in [-0.1, -0.05) is 6.92 Å². The number of nitrogens with two attached hydrogens (primary N) is 1. The molecule has 2 rings (SSSR count). The van der Waals surface area contributed by atoms with Crippen molar-refractivity contribution < 1.29 is 21.6 Å². The van der Waals surface area contributed by atoms with E-state index >= 15 is 0 Å². The molecule has 132 valence electrons. The molecule has 9 heteroatoms. The van der Waals surface area contributed by atoms with Crippen LogP contribution in [0.2, 0.25) is 0 Å². The molecule has 0 saturated carbocycles. The van der Waals surface area contributed by atoms with Gasteiger partial charge in [0.2, 0.25) is 10.0 Å². The molecular weight excluding hydrogens is 343 g/mol. The van der Waals surface area contributed by atoms with E-state index in [2.05, 4.69) is 0 Å². The molecule has 1 aliphatic rings. The highest BCUT2D eigenvalue weighted by Gasteiger charge is 2.38. The molecule has 24 heavy (non-hydrogen) atoms. The molecule has 1 aromatic carbocycles. The summed E-state index contributed by atoms with van der Waals surface area (Å²) in [5, 5.41) is 8.94. The fourth-order valence-corrected chi connectivity index (χ4v) is 4.82. The van der Waals surface area contributed by atoms with Gasteiger partial charge in [-0.05, 0) is 37.0 Å². The van der Waals surface area contributed by atoms with E-state index in [0.29, 0.717) is 12.5 Å². The van der Waals surface area contributed by atoms with Gasteiger partial charge in [0.1, 0.15) is 0 Å². The van der Waals surface area contributed by atoms with Gasteiger partial charge >= 0.3 is 6.18 Å². The molecule has 0 bridgehead atoms. The van der Waals surface area contributed by atoms with Crippen LogP contribution in [0.5, 0.6) is 0 Å². The van der Waals surface area contributed by atoms with Crippen LogP contribution < -0.4 is 5.73 Å². The average Bonchev–Trinajstić information content (AvgIpc) is 2.53. The molecule has 0 radical (unpaired) electrons. The second-order valence-electron chi connectivity index (χ2n) is 5.86. The summed E-state index contributed by atoms with van der Waals surface area (Å²) >= 11 is 0. The van der Waals surface area contributed by atoms with Crippen molar-refractivity contribution in [3.8, 4) is 6.07 Å². The predicted octanol–water partition coefficient (Wildman–Crippen LogP) is 2.32. The van der Waals surface area contributed by atoms with E-state index in [1.165, 1.54) is 10.4 Å². The summed E-state index contributed by atoms with van der Waals surface area (Å²) in [4.78, 5) is -0.320. The van der Waals surface area contributed by atoms with E-state index in [9.17, 15) is 21.6 Å². The topological polar surface area (TPSA) is 87.2 Å². The number of alkyl halides is 3. The zero-order chi connectivity index (χ0) is 18.1. The minimum absolute atomic E-state index is 0.0587. The Bertz CT molecular complexity index is 756. The van der Waals surface area contributed by atoms with Gasteiger partial charge < -0.3 is 5.73 Å². The van der Waals surface area contributed by atoms with Crippen molar-refractivity contribution in [1.29, 1.82) is 5.26 Å². The van der Waals surface area contributed by atoms with Crippen LogP contribution in [0.3, 0.4) is 0 Å². The number of halogens is 3. The van der Waals surface area contributed by atoms with Crippen molar-refractivity contribution in [2.24, 2.45) is 11.7 Å². The van der Waals surface area contributed by atoms with Crippen LogP contribution in [0.25, 0.3) is 0 Å². The Hall–Kier alpha value is -1.63. The van der Waals surface area contributed by atoms with Crippen LogP contribution in [0.4, 0.5) is 13.2 Å². The maximum absolute atomic E-state index is 12.9. The van der Waals surface area contributed by atoms with Crippen molar-refractivity contribution >= 4 is 10.0 Å². The van der Waals surface area contributed by atoms with Crippen LogP contribution in [0, 0.1) is 17.2 Å². The molecule has 5 nitrogen and oxygen atoms in total. The summed E-state index contributed by atoms with van der Waals surface area (Å²) < 4.78 is 65.4. The van der Waals surface area contributed by atoms with E-state index in [1.54, 1.807) is 0 Å². The maximum Gasteiger partial charge on any atom is 0.417 e. The number of nitrogens with zero attached hydrogens (tertiary/aromatic N) is 2. The molecule has 1 aliphatic heterocycles. The zero-order valence-electron chi connectivity index (χ0n) is 13.0. The molecule has 2 unspecified atom stereocenters. The van der Waals surface area contributed by atoms with Gasteiger partial charge in [-0.25, -0.2) is 8.42 Å². The summed E-state index contributed by atoms with van der Waals surface area (Å²) in [6.45, 7) is 2.29. The van der Waals surface area contributed by atoms with Crippen LogP contribution in [0.15, 0.2) is 23.1 Å². The molecule has 2 atom stereocenters. The Morgan fingerprint density at radius 3 is 2.62 bits per heavy atom. The Kier molecular flexibility index (Phi) is 5.22. The number of hydrogen-bond acceptors (Lipinski definition) is 4. The summed E-state index contributed by atoms with van der Waals surface area (Å²) in [5.41, 5.74) is 3.83. The van der Waals surface area contributed by atoms with Crippen molar-refractivity contribution in [2.45, 2.75) is 36.9 Å². The zero-order valence-corrected chi connectivity index (χ0v) is 13.9. The molecule has 1 aromatic rings. The van der Waals surface area contributed by atoms with Gasteiger partial charge in [0.15, 0.2) is 0 Å². The normalized spacial score (nSPS) is 23.0. The highest BCUT2D eigenvalue weighted by Crippen LogP contribution is 2.34. The number of sulfonamides is 1. The number of benzene rings is 1. The third kappa shape index (κ3) is 3.41. The summed E-state index contributed by atoms with van der Waals surface area (Å²) in [5.74, 6) is 0.0587. The van der Waals surface area contributed by atoms with Gasteiger partial charge in [-0.15, -0.1) is 0 Å². The van der Waals surface area contributed by atoms with Crippen LogP contribution in [0.1, 0.15) is 30.9 Å². The van der Waals surface area contributed by atoms with E-state index in [0.717, 1.165) is 18.6 Å². The van der Waals surface area contributed by atoms with E-state index in [1.807, 2.05) is 6.92 Å². The summed E-state index contributed by atoms with van der Waals surface area (Å²) in [7, 11) is -4.02. The van der Waals surface area contributed by atoms with Gasteiger partial charge in [0.05, 0.1) is 22.1 Å². The Morgan fingerprint density at radius 2 is 2.08 bits per heavy atom. The predicted molar refractivity (Wildman–Crippen MR) is 81.3 cm³/mol. The van der Waals surface area contributed by atoms with E-state index < -0.39 is 33.4 Å². The number of nitriles is 1. The minimum Gasteiger partial charge on any atom is -0.329 e. The molecule has 0 spiro atoms. The summed E-state index contributed by atoms with van der Waals surface area (Å²) in [6, 6.07) is 3.33. The van der Waals surface area contributed by atoms with Gasteiger partial charge in [-0.3, -0.25) is 0 Å². The first kappa shape index (κ1) is 18.7. The largest absolute Gasteiger partial charge is 0.417 e. The highest BCUT2D eigenvalue weighted by atomic mass is 32.2. The lowest BCUT2D eigenvalue weighted by atomic mass is 9.93. The quantitative estimate of drug-likeness (QED) is 0.895. The van der Waals surface area contributed by atoms with E-state index in [4.69, 9.17) is 11.0 Å². The lowest BCUT2D eigenvalue weighted by Crippen LogP contribution is -2.51. The Morgan fingerprint density at radius 1 is 1.42 bits per heavy atom. The lowest BCUT2D eigenvalue weighted by molar-refractivity contribution is -0.137. The van der Waals surface area contributed by atoms with Crippen molar-refractivity contribution in [1.82, 2.24) is 4.31 Å². The van der Waals surface area contributed by atoms with E-state index in [-0.39, 0.29) is 23.9 Å². The highest BCUT2D eigenvalue weighted by molar-refractivity contribution is 7.89. The standard InChI is InChI=1S/C15H18F3N3O2S/c1-10-3-2-6-21(14(10)9-20)24(22,23)12-4-5-13(15(16,17)18)11(7-12)8-19/h4-5,7,10,14H,2-3,6,9,20H2,1H3. The number of piperidine rings is 1. The average molecular weight is 361 g/mol. The van der Waals surface area contributed by atoms with Gasteiger partial charge in [0.25, 0.3) is 0 Å². The molecule has 0 aliphatic carbocycles. The summed E-state index contributed by atoms with van der Waals surface area (Å²) in [6.07, 6.45) is -3.22. The second kappa shape index (κ2) is 6.70. The fraction of sp³-hybridized carbons (Fsp3) is 0.533. The molecule has 0 aromatic heterocycles. The smallest absolute Gasteiger partial charge is 0.329 e. The molecule has 1 fully saturated rings. The first-order valence-electron chi connectivity index (χ1n) is 7.46. The third-order valence-electron chi connectivity index (χ3n) is 4.33. The molecule has 1 saturated heterocycles. The monoisotopic (exact) mass is 361 g/mol. The molecular formula is C15H18F3N3O2S. The van der Waals surface area contributed by atoms with Crippen molar-refractivity contribution in [2.75, 3.05) is 13.1 Å². The van der Waals surface area contributed by atoms with Gasteiger partial charge in [0, 0.05) is 19.1 Å². The SMILES string of the molecule is CC1CCCN(S(=O)(=O)c2ccc(C(F)(F)F)c(C#N)c2)C1CN. The van der Waals surface area contributed by atoms with Crippen molar-refractivity contribution in [3.05, 3.63) is 29.3 Å². The van der Waals surface area contributed by atoms with Gasteiger partial charge in [-0.2, -0.15) is 22.7 Å². The fourth-order valence-electron chi connectivity index (χ4n) is 3.02. The first-order valence-corrected chi connectivity index (χ1v) is 8.90. The molecule has 0 amide bonds. The minimum atomic E-state index is -4.72. The molecule has 1 heterocycles. The first-order chi connectivity index (χ1) is 11.1. The van der Waals surface area contributed by atoms with Crippen LogP contribution in [-0.2, 0) is 16.2 Å². The third-order valence-corrected chi connectivity index (χ3v) is 6.25. The second-order valence-corrected chi connectivity index (χ2v) is 7.75. The Balaban J connectivity index is 2.48. The number of hydrogen-bond donors (Lipinski definition) is 1. The Labute approximate surface area is 138 Å². The molecule has 2 N–H and O–H groups in total. The van der Waals surface area contributed by atoms with Crippen LogP contribution >= 0.6 is 0 Å². The lowest BCUT2D eigenvalue weighted by Gasteiger charge is -2.38.